The molecule has 1 unspecified atom stereocenters. The maximum atomic E-state index is 10.4. The van der Waals surface area contributed by atoms with Crippen molar-refractivity contribution in [3.05, 3.63) is 64.7 Å². The van der Waals surface area contributed by atoms with E-state index in [9.17, 15) is 5.11 Å². The first-order chi connectivity index (χ1) is 10.1. The van der Waals surface area contributed by atoms with Crippen LogP contribution in [0.15, 0.2) is 48.5 Å². The molecule has 2 rings (SSSR count). The van der Waals surface area contributed by atoms with E-state index < -0.39 is 6.10 Å². The molecule has 2 aromatic carbocycles. The molecule has 0 saturated heterocycles. The van der Waals surface area contributed by atoms with Gasteiger partial charge in [0.15, 0.2) is 0 Å². The molecule has 2 nitrogen and oxygen atoms in total. The van der Waals surface area contributed by atoms with Gasteiger partial charge < -0.3 is 9.84 Å². The quantitative estimate of drug-likeness (QED) is 0.841. The van der Waals surface area contributed by atoms with E-state index in [1.165, 1.54) is 0 Å². The van der Waals surface area contributed by atoms with E-state index in [1.54, 1.807) is 6.07 Å². The number of hydrogen-bond donors (Lipinski definition) is 1. The lowest BCUT2D eigenvalue weighted by molar-refractivity contribution is 0.177. The molecule has 112 valence electrons. The fourth-order valence-electron chi connectivity index (χ4n) is 2.08. The maximum Gasteiger partial charge on any atom is 0.119 e. The zero-order valence-corrected chi connectivity index (χ0v) is 13.2. The maximum absolute atomic E-state index is 10.4. The van der Waals surface area contributed by atoms with Gasteiger partial charge in [0.2, 0.25) is 0 Å². The van der Waals surface area contributed by atoms with E-state index in [-0.39, 0.29) is 0 Å². The summed E-state index contributed by atoms with van der Waals surface area (Å²) in [6.07, 6.45) is -0.101. The highest BCUT2D eigenvalue weighted by Crippen LogP contribution is 2.29. The third-order valence-electron chi connectivity index (χ3n) is 3.18. The molecule has 0 aliphatic heterocycles. The van der Waals surface area contributed by atoms with Crippen molar-refractivity contribution in [2.45, 2.75) is 26.4 Å². The summed E-state index contributed by atoms with van der Waals surface area (Å²) in [5, 5.41) is 11.0. The van der Waals surface area contributed by atoms with Crippen LogP contribution in [0.4, 0.5) is 0 Å². The average molecular weight is 305 g/mol. The van der Waals surface area contributed by atoms with E-state index in [2.05, 4.69) is 13.8 Å². The second-order valence-corrected chi connectivity index (χ2v) is 6.00. The third kappa shape index (κ3) is 4.76. The monoisotopic (exact) mass is 304 g/mol. The van der Waals surface area contributed by atoms with E-state index in [4.69, 9.17) is 16.3 Å². The van der Waals surface area contributed by atoms with E-state index in [0.29, 0.717) is 29.5 Å². The molecule has 0 radical (unpaired) electrons. The van der Waals surface area contributed by atoms with Gasteiger partial charge in [0, 0.05) is 17.0 Å². The van der Waals surface area contributed by atoms with Crippen LogP contribution in [0.3, 0.4) is 0 Å². The van der Waals surface area contributed by atoms with Crippen molar-refractivity contribution >= 4 is 11.6 Å². The van der Waals surface area contributed by atoms with Gasteiger partial charge in [-0.25, -0.2) is 0 Å². The Balaban J connectivity index is 2.12. The van der Waals surface area contributed by atoms with Gasteiger partial charge in [0.1, 0.15) is 5.75 Å². The minimum atomic E-state index is -0.637. The smallest absolute Gasteiger partial charge is 0.119 e. The minimum absolute atomic E-state index is 0.457. The molecule has 0 amide bonds. The molecular weight excluding hydrogens is 284 g/mol. The Labute approximate surface area is 131 Å². The van der Waals surface area contributed by atoms with Gasteiger partial charge in [-0.2, -0.15) is 0 Å². The van der Waals surface area contributed by atoms with Crippen molar-refractivity contribution in [3.63, 3.8) is 0 Å². The van der Waals surface area contributed by atoms with Gasteiger partial charge in [-0.3, -0.25) is 0 Å². The predicted molar refractivity (Wildman–Crippen MR) is 86.9 cm³/mol. The Kier molecular flexibility index (Phi) is 5.66. The molecule has 0 fully saturated rings. The Bertz CT molecular complexity index is 567. The molecular formula is C18H21ClO2. The van der Waals surface area contributed by atoms with Crippen LogP contribution in [0.5, 0.6) is 5.75 Å². The van der Waals surface area contributed by atoms with Crippen molar-refractivity contribution in [1.29, 1.82) is 0 Å². The summed E-state index contributed by atoms with van der Waals surface area (Å²) >= 11 is 6.20. The number of rotatable bonds is 6. The van der Waals surface area contributed by atoms with Gasteiger partial charge >= 0.3 is 0 Å². The van der Waals surface area contributed by atoms with Crippen LogP contribution in [0.2, 0.25) is 5.02 Å². The van der Waals surface area contributed by atoms with Crippen LogP contribution in [-0.4, -0.2) is 11.7 Å². The first kappa shape index (κ1) is 15.9. The standard InChI is InChI=1S/C18H21ClO2/c1-13(2)12-21-15-8-9-17(19)16(11-15)18(20)10-14-6-4-3-5-7-14/h3-9,11,13,18,20H,10,12H2,1-2H3. The highest BCUT2D eigenvalue weighted by Gasteiger charge is 2.14. The minimum Gasteiger partial charge on any atom is -0.493 e. The van der Waals surface area contributed by atoms with Crippen LogP contribution in [0.25, 0.3) is 0 Å². The Morgan fingerprint density at radius 3 is 2.48 bits per heavy atom. The molecule has 0 aliphatic carbocycles. The van der Waals surface area contributed by atoms with Gasteiger partial charge in [0.05, 0.1) is 12.7 Å². The lowest BCUT2D eigenvalue weighted by atomic mass is 10.0. The Morgan fingerprint density at radius 1 is 1.10 bits per heavy atom. The fourth-order valence-corrected chi connectivity index (χ4v) is 2.32. The summed E-state index contributed by atoms with van der Waals surface area (Å²) in [4.78, 5) is 0. The fraction of sp³-hybridized carbons (Fsp3) is 0.333. The molecule has 0 heterocycles. The summed E-state index contributed by atoms with van der Waals surface area (Å²) in [7, 11) is 0. The molecule has 3 heteroatoms. The Hall–Kier alpha value is -1.51. The summed E-state index contributed by atoms with van der Waals surface area (Å²) < 4.78 is 5.69. The summed E-state index contributed by atoms with van der Waals surface area (Å²) in [6.45, 7) is 4.85. The van der Waals surface area contributed by atoms with Crippen molar-refractivity contribution in [3.8, 4) is 5.75 Å². The number of halogens is 1. The van der Waals surface area contributed by atoms with Gasteiger partial charge in [-0.1, -0.05) is 55.8 Å². The normalized spacial score (nSPS) is 12.4. The summed E-state index contributed by atoms with van der Waals surface area (Å²) in [5.74, 6) is 1.20. The molecule has 0 spiro atoms. The van der Waals surface area contributed by atoms with Crippen LogP contribution >= 0.6 is 11.6 Å². The lowest BCUT2D eigenvalue weighted by Gasteiger charge is -2.15. The SMILES string of the molecule is CC(C)COc1ccc(Cl)c(C(O)Cc2ccccc2)c1. The molecule has 1 atom stereocenters. The molecule has 0 aliphatic rings. The topological polar surface area (TPSA) is 29.5 Å². The second kappa shape index (κ2) is 7.48. The second-order valence-electron chi connectivity index (χ2n) is 5.59. The van der Waals surface area contributed by atoms with Crippen molar-refractivity contribution in [2.75, 3.05) is 6.61 Å². The number of benzene rings is 2. The number of aliphatic hydroxyl groups is 1. The zero-order valence-electron chi connectivity index (χ0n) is 12.4. The molecule has 2 aromatic rings. The van der Waals surface area contributed by atoms with Crippen molar-refractivity contribution in [2.24, 2.45) is 5.92 Å². The number of ether oxygens (including phenoxy) is 1. The van der Waals surface area contributed by atoms with Gasteiger partial charge in [-0.05, 0) is 29.7 Å². The first-order valence-electron chi connectivity index (χ1n) is 7.20. The summed E-state index contributed by atoms with van der Waals surface area (Å²) in [5.41, 5.74) is 1.79. The van der Waals surface area contributed by atoms with Gasteiger partial charge in [-0.15, -0.1) is 0 Å². The van der Waals surface area contributed by atoms with Gasteiger partial charge in [0.25, 0.3) is 0 Å². The molecule has 21 heavy (non-hydrogen) atoms. The van der Waals surface area contributed by atoms with Crippen molar-refractivity contribution < 1.29 is 9.84 Å². The highest BCUT2D eigenvalue weighted by molar-refractivity contribution is 6.31. The largest absolute Gasteiger partial charge is 0.493 e. The van der Waals surface area contributed by atoms with E-state index in [1.807, 2.05) is 42.5 Å². The van der Waals surface area contributed by atoms with Crippen LogP contribution in [-0.2, 0) is 6.42 Å². The summed E-state index contributed by atoms with van der Waals surface area (Å²) in [6, 6.07) is 15.3. The molecule has 0 aromatic heterocycles. The lowest BCUT2D eigenvalue weighted by Crippen LogP contribution is -2.06. The van der Waals surface area contributed by atoms with Crippen LogP contribution < -0.4 is 4.74 Å². The zero-order chi connectivity index (χ0) is 15.2. The molecule has 1 N–H and O–H groups in total. The molecule has 0 saturated carbocycles. The average Bonchev–Trinajstić information content (AvgIpc) is 2.47. The van der Waals surface area contributed by atoms with Crippen molar-refractivity contribution in [1.82, 2.24) is 0 Å². The Morgan fingerprint density at radius 2 is 1.81 bits per heavy atom. The predicted octanol–water partition coefficient (Wildman–Crippen LogP) is 4.65. The number of aliphatic hydroxyl groups excluding tert-OH is 1. The first-order valence-corrected chi connectivity index (χ1v) is 7.58. The third-order valence-corrected chi connectivity index (χ3v) is 3.53. The highest BCUT2D eigenvalue weighted by atomic mass is 35.5. The van der Waals surface area contributed by atoms with E-state index in [0.717, 1.165) is 11.3 Å². The van der Waals surface area contributed by atoms with Crippen LogP contribution in [0, 0.1) is 5.92 Å². The number of hydrogen-bond acceptors (Lipinski definition) is 2. The van der Waals surface area contributed by atoms with Crippen LogP contribution in [0.1, 0.15) is 31.1 Å². The molecule has 0 bridgehead atoms. The van der Waals surface area contributed by atoms with E-state index >= 15 is 0 Å².